The molecule has 6 heteroatoms. The second-order valence-electron chi connectivity index (χ2n) is 1.54. The number of carbonyl (C=O) groups is 2. The van der Waals surface area contributed by atoms with Crippen LogP contribution < -0.4 is 0 Å². The summed E-state index contributed by atoms with van der Waals surface area (Å²) in [5.74, 6) is -1.89. The van der Waals surface area contributed by atoms with Crippen LogP contribution in [0.2, 0.25) is 0 Å². The molecule has 0 aliphatic heterocycles. The van der Waals surface area contributed by atoms with E-state index in [1.165, 1.54) is 0 Å². The lowest BCUT2D eigenvalue weighted by Crippen LogP contribution is -2.08. The highest BCUT2D eigenvalue weighted by Gasteiger charge is 2.11. The fraction of sp³-hybridized carbons (Fsp3) is 0.200. The molecule has 0 fully saturated rings. The zero-order valence-electron chi connectivity index (χ0n) is 5.43. The molecule has 0 aliphatic rings. The molecule has 2 N–H and O–H groups in total. The Morgan fingerprint density at radius 1 is 1.45 bits per heavy atom. The van der Waals surface area contributed by atoms with Crippen LogP contribution >= 0.6 is 7.80 Å². The van der Waals surface area contributed by atoms with Crippen LogP contribution in [0.5, 0.6) is 0 Å². The summed E-state index contributed by atoms with van der Waals surface area (Å²) in [5.41, 5.74) is 0. The van der Waals surface area contributed by atoms with Crippen molar-refractivity contribution in [2.75, 3.05) is 6.35 Å². The Kier molecular flexibility index (Phi) is 4.26. The summed E-state index contributed by atoms with van der Waals surface area (Å²) >= 11 is 0. The maximum absolute atomic E-state index is 10.4. The summed E-state index contributed by atoms with van der Waals surface area (Å²) < 4.78 is 10.4. The fourth-order valence-corrected chi connectivity index (χ4v) is 0.665. The van der Waals surface area contributed by atoms with Gasteiger partial charge in [-0.3, -0.25) is 4.79 Å². The van der Waals surface area contributed by atoms with Crippen LogP contribution in [-0.4, -0.2) is 28.3 Å². The van der Waals surface area contributed by atoms with E-state index in [0.717, 1.165) is 5.82 Å². The molecule has 0 aliphatic carbocycles. The Hall–Kier alpha value is -1.06. The van der Waals surface area contributed by atoms with Gasteiger partial charge in [0.15, 0.2) is 5.82 Å². The van der Waals surface area contributed by atoms with E-state index in [0.29, 0.717) is 6.08 Å². The van der Waals surface area contributed by atoms with Gasteiger partial charge in [-0.15, -0.1) is 0 Å². The SMILES string of the molecule is O=C(O)C(=O)C=C[P+](=O)CO. The van der Waals surface area contributed by atoms with Gasteiger partial charge in [0.1, 0.15) is 0 Å². The molecule has 1 unspecified atom stereocenters. The summed E-state index contributed by atoms with van der Waals surface area (Å²) in [6.45, 7) is 0. The predicted octanol–water partition coefficient (Wildman–Crippen LogP) is -0.0690. The predicted molar refractivity (Wildman–Crippen MR) is 36.5 cm³/mol. The van der Waals surface area contributed by atoms with Crippen LogP contribution in [0.1, 0.15) is 0 Å². The molecule has 60 valence electrons. The number of aliphatic hydroxyl groups excluding tert-OH is 1. The minimum absolute atomic E-state index is 0.585. The number of aliphatic carboxylic acids is 1. The van der Waals surface area contributed by atoms with Gasteiger partial charge in [-0.25, -0.2) is 4.79 Å². The van der Waals surface area contributed by atoms with Gasteiger partial charge in [0.25, 0.3) is 5.78 Å². The molecule has 0 bridgehead atoms. The maximum Gasteiger partial charge on any atom is 0.397 e. The number of carboxylic acids is 1. The molecule has 0 aromatic heterocycles. The van der Waals surface area contributed by atoms with Gasteiger partial charge in [-0.2, -0.15) is 0 Å². The second kappa shape index (κ2) is 4.71. The van der Waals surface area contributed by atoms with Gasteiger partial charge >= 0.3 is 13.8 Å². The first kappa shape index (κ1) is 9.94. The molecule has 5 nitrogen and oxygen atoms in total. The summed E-state index contributed by atoms with van der Waals surface area (Å²) in [5, 5.41) is 16.2. The molecule has 0 rings (SSSR count). The van der Waals surface area contributed by atoms with Crippen LogP contribution in [0, 0.1) is 0 Å². The summed E-state index contributed by atoms with van der Waals surface area (Å²) in [6, 6.07) is 0. The van der Waals surface area contributed by atoms with Crippen LogP contribution in [0.3, 0.4) is 0 Å². The molecule has 0 aromatic carbocycles. The zero-order chi connectivity index (χ0) is 8.85. The maximum atomic E-state index is 10.4. The molecular weight excluding hydrogens is 171 g/mol. The van der Waals surface area contributed by atoms with E-state index >= 15 is 0 Å². The molecule has 0 aromatic rings. The summed E-state index contributed by atoms with van der Waals surface area (Å²) in [6.07, 6.45) is 0.0794. The third kappa shape index (κ3) is 4.36. The van der Waals surface area contributed by atoms with Gasteiger partial charge in [0.2, 0.25) is 6.35 Å². The average molecular weight is 177 g/mol. The standard InChI is InChI=1S/C5H5O5P/c6-3-11(10)2-1-4(7)5(8)9/h1-2,6H,3H2/p+1. The van der Waals surface area contributed by atoms with Crippen LogP contribution in [0.15, 0.2) is 11.9 Å². The number of hydrogen-bond donors (Lipinski definition) is 2. The quantitative estimate of drug-likeness (QED) is 0.356. The Morgan fingerprint density at radius 3 is 2.36 bits per heavy atom. The van der Waals surface area contributed by atoms with Crippen molar-refractivity contribution in [1.82, 2.24) is 0 Å². The van der Waals surface area contributed by atoms with E-state index in [4.69, 9.17) is 10.2 Å². The topological polar surface area (TPSA) is 91.7 Å². The molecule has 0 spiro atoms. The van der Waals surface area contributed by atoms with Crippen molar-refractivity contribution in [2.24, 2.45) is 0 Å². The first-order valence-corrected chi connectivity index (χ1v) is 4.09. The minimum Gasteiger partial charge on any atom is -0.475 e. The summed E-state index contributed by atoms with van der Waals surface area (Å²) in [4.78, 5) is 20.1. The molecule has 0 radical (unpaired) electrons. The Bertz CT molecular complexity index is 219. The van der Waals surface area contributed by atoms with Gasteiger partial charge in [0.05, 0.1) is 0 Å². The molecule has 1 atom stereocenters. The molecule has 0 saturated heterocycles. The van der Waals surface area contributed by atoms with E-state index in [-0.39, 0.29) is 0 Å². The highest BCUT2D eigenvalue weighted by molar-refractivity contribution is 7.47. The Labute approximate surface area is 63.1 Å². The number of rotatable bonds is 4. The number of ketones is 1. The van der Waals surface area contributed by atoms with E-state index in [9.17, 15) is 14.2 Å². The van der Waals surface area contributed by atoms with Crippen molar-refractivity contribution < 1.29 is 24.4 Å². The van der Waals surface area contributed by atoms with Crippen LogP contribution in [0.4, 0.5) is 0 Å². The third-order valence-corrected chi connectivity index (χ3v) is 1.50. The van der Waals surface area contributed by atoms with Gasteiger partial charge < -0.3 is 10.2 Å². The normalized spacial score (nSPS) is 11.5. The molecule has 0 amide bonds. The van der Waals surface area contributed by atoms with Crippen molar-refractivity contribution in [3.8, 4) is 0 Å². The van der Waals surface area contributed by atoms with E-state index in [1.54, 1.807) is 0 Å². The van der Waals surface area contributed by atoms with Gasteiger partial charge in [-0.1, -0.05) is 4.57 Å². The highest BCUT2D eigenvalue weighted by atomic mass is 31.1. The van der Waals surface area contributed by atoms with Crippen molar-refractivity contribution in [3.05, 3.63) is 11.9 Å². The van der Waals surface area contributed by atoms with Crippen molar-refractivity contribution in [2.45, 2.75) is 0 Å². The van der Waals surface area contributed by atoms with Gasteiger partial charge in [-0.05, 0) is 0 Å². The second-order valence-corrected chi connectivity index (χ2v) is 2.96. The lowest BCUT2D eigenvalue weighted by Gasteiger charge is -1.77. The molecular formula is C5H6O5P+. The van der Waals surface area contributed by atoms with Gasteiger partial charge in [0, 0.05) is 6.08 Å². The minimum atomic E-state index is -1.99. The largest absolute Gasteiger partial charge is 0.475 e. The molecule has 11 heavy (non-hydrogen) atoms. The van der Waals surface area contributed by atoms with Crippen molar-refractivity contribution >= 4 is 19.6 Å². The lowest BCUT2D eigenvalue weighted by atomic mass is 10.4. The number of carboxylic acid groups (broad SMARTS) is 1. The lowest BCUT2D eigenvalue weighted by molar-refractivity contribution is -0.146. The third-order valence-electron chi connectivity index (χ3n) is 0.742. The molecule has 0 saturated carbocycles. The number of carbonyl (C=O) groups excluding carboxylic acids is 1. The van der Waals surface area contributed by atoms with E-state index in [2.05, 4.69) is 0 Å². The average Bonchev–Trinajstić information content (AvgIpc) is 1.99. The monoisotopic (exact) mass is 177 g/mol. The Morgan fingerprint density at radius 2 is 2.00 bits per heavy atom. The van der Waals surface area contributed by atoms with E-state index < -0.39 is 25.9 Å². The first-order chi connectivity index (χ1) is 5.07. The Balaban J connectivity index is 4.04. The van der Waals surface area contributed by atoms with Crippen molar-refractivity contribution in [1.29, 1.82) is 0 Å². The first-order valence-electron chi connectivity index (χ1n) is 2.58. The van der Waals surface area contributed by atoms with Crippen LogP contribution in [-0.2, 0) is 14.2 Å². The van der Waals surface area contributed by atoms with Crippen LogP contribution in [0.25, 0.3) is 0 Å². The molecule has 0 heterocycles. The summed E-state index contributed by atoms with van der Waals surface area (Å²) in [7, 11) is -1.99. The highest BCUT2D eigenvalue weighted by Crippen LogP contribution is 2.18. The zero-order valence-corrected chi connectivity index (χ0v) is 6.32. The van der Waals surface area contributed by atoms with E-state index in [1.807, 2.05) is 0 Å². The van der Waals surface area contributed by atoms with Crippen molar-refractivity contribution in [3.63, 3.8) is 0 Å². The number of hydrogen-bond acceptors (Lipinski definition) is 4. The smallest absolute Gasteiger partial charge is 0.397 e. The fourth-order valence-electron chi connectivity index (χ4n) is 0.269. The number of aliphatic hydroxyl groups is 1.